The standard InChI is InChI=1S/C42H37N3O8S4/c1-5-9-16-25(6-2)24-51-40(50)28(21-43)41-54-34-32(52-29(46)7-3)36-37(33(35(34)55-41)53-30(47)8-4)57-42(56-36)31-38(48)44(22-26-17-12-10-13-18-26)45(39(31)49)23-27-19-14-11-15-20-27/h7-8,10-15,17-20,25H,3-6,9,16,22-24H2,1-2H3. The summed E-state index contributed by atoms with van der Waals surface area (Å²) in [6.07, 6.45) is 5.65. The topological polar surface area (TPSA) is 143 Å². The van der Waals surface area contributed by atoms with Gasteiger partial charge in [0.2, 0.25) is 0 Å². The molecule has 6 rings (SSSR count). The van der Waals surface area contributed by atoms with Gasteiger partial charge >= 0.3 is 17.9 Å². The highest BCUT2D eigenvalue weighted by Gasteiger charge is 2.47. The number of nitrogens with zero attached hydrogens (tertiary/aromatic N) is 3. The van der Waals surface area contributed by atoms with E-state index in [1.807, 2.05) is 73.7 Å². The lowest BCUT2D eigenvalue weighted by Gasteiger charge is -2.27. The van der Waals surface area contributed by atoms with Crippen molar-refractivity contribution in [2.45, 2.75) is 72.2 Å². The number of nitriles is 1. The van der Waals surface area contributed by atoms with Crippen LogP contribution in [0, 0.1) is 17.2 Å². The number of thioether (sulfide) groups is 4. The van der Waals surface area contributed by atoms with E-state index in [0.29, 0.717) is 0 Å². The number of benzene rings is 3. The number of unbranched alkanes of at least 4 members (excludes halogenated alkanes) is 1. The van der Waals surface area contributed by atoms with Crippen molar-refractivity contribution in [3.63, 3.8) is 0 Å². The fourth-order valence-electron chi connectivity index (χ4n) is 5.98. The second-order valence-corrected chi connectivity index (χ2v) is 17.4. The largest absolute Gasteiger partial charge is 0.461 e. The predicted octanol–water partition coefficient (Wildman–Crippen LogP) is 8.96. The molecule has 3 aliphatic heterocycles. The van der Waals surface area contributed by atoms with Crippen LogP contribution in [-0.4, -0.2) is 46.3 Å². The minimum absolute atomic E-state index is 0.0281. The second-order valence-electron chi connectivity index (χ2n) is 12.8. The molecule has 0 aliphatic carbocycles. The Balaban J connectivity index is 1.43. The lowest BCUT2D eigenvalue weighted by atomic mass is 10.0. The highest BCUT2D eigenvalue weighted by molar-refractivity contribution is 8.26. The van der Waals surface area contributed by atoms with Crippen molar-refractivity contribution in [3.05, 3.63) is 117 Å². The summed E-state index contributed by atoms with van der Waals surface area (Å²) in [5.41, 5.74) is 1.27. The van der Waals surface area contributed by atoms with Crippen LogP contribution >= 0.6 is 47.0 Å². The van der Waals surface area contributed by atoms with Crippen molar-refractivity contribution in [1.29, 1.82) is 5.26 Å². The first kappa shape index (κ1) is 41.5. The summed E-state index contributed by atoms with van der Waals surface area (Å²) in [4.78, 5) is 68.9. The molecule has 0 radical (unpaired) electrons. The summed E-state index contributed by atoms with van der Waals surface area (Å²) < 4.78 is 17.8. The van der Waals surface area contributed by atoms with Crippen molar-refractivity contribution in [3.8, 4) is 17.6 Å². The van der Waals surface area contributed by atoms with Gasteiger partial charge in [0.15, 0.2) is 17.1 Å². The molecule has 1 saturated heterocycles. The van der Waals surface area contributed by atoms with Gasteiger partial charge in [-0.15, -0.1) is 0 Å². The van der Waals surface area contributed by atoms with Gasteiger partial charge in [-0.3, -0.25) is 9.59 Å². The SMILES string of the molecule is C=CC(=O)Oc1c2c(c(OC(=O)C=C)c3c1SC(=C1C(=O)N(Cc4ccccc4)N(Cc4ccccc4)C1=O)S3)SC(=C(C#N)C(=O)OCC(CC)CCCC)S2. The first-order chi connectivity index (χ1) is 27.6. The van der Waals surface area contributed by atoms with Crippen molar-refractivity contribution < 1.29 is 38.2 Å². The van der Waals surface area contributed by atoms with Gasteiger partial charge in [-0.2, -0.15) is 5.26 Å². The molecule has 1 unspecified atom stereocenters. The van der Waals surface area contributed by atoms with Crippen LogP contribution < -0.4 is 9.47 Å². The average Bonchev–Trinajstić information content (AvgIpc) is 3.92. The monoisotopic (exact) mass is 839 g/mol. The Morgan fingerprint density at radius 2 is 1.25 bits per heavy atom. The van der Waals surface area contributed by atoms with Gasteiger partial charge < -0.3 is 14.2 Å². The molecule has 0 saturated carbocycles. The Bertz CT molecular complexity index is 2130. The zero-order chi connectivity index (χ0) is 40.6. The zero-order valence-electron chi connectivity index (χ0n) is 31.1. The van der Waals surface area contributed by atoms with E-state index < -0.39 is 29.7 Å². The molecule has 3 aromatic rings. The minimum Gasteiger partial charge on any atom is -0.461 e. The number of hydrogen-bond acceptors (Lipinski definition) is 13. The van der Waals surface area contributed by atoms with E-state index in [9.17, 15) is 29.2 Å². The summed E-state index contributed by atoms with van der Waals surface area (Å²) in [5.74, 6) is -3.28. The number of hydrogen-bond donors (Lipinski definition) is 0. The molecule has 0 bridgehead atoms. The molecule has 3 aliphatic rings. The fourth-order valence-corrected chi connectivity index (χ4v) is 11.4. The lowest BCUT2D eigenvalue weighted by Crippen LogP contribution is -2.39. The smallest absolute Gasteiger partial charge is 0.350 e. The van der Waals surface area contributed by atoms with E-state index in [4.69, 9.17) is 14.2 Å². The third-order valence-corrected chi connectivity index (χ3v) is 14.2. The van der Waals surface area contributed by atoms with Crippen LogP contribution in [-0.2, 0) is 41.8 Å². The molecule has 3 aromatic carbocycles. The van der Waals surface area contributed by atoms with Gasteiger partial charge in [0.1, 0.15) is 11.6 Å². The third-order valence-electron chi connectivity index (χ3n) is 9.01. The first-order valence-electron chi connectivity index (χ1n) is 18.0. The van der Waals surface area contributed by atoms with Crippen LogP contribution in [0.15, 0.2) is 125 Å². The minimum atomic E-state index is -0.807. The molecule has 1 atom stereocenters. The second kappa shape index (κ2) is 18.9. The zero-order valence-corrected chi connectivity index (χ0v) is 34.4. The normalized spacial score (nSPS) is 14.9. The lowest BCUT2D eigenvalue weighted by molar-refractivity contribution is -0.149. The number of carbonyl (C=O) groups is 5. The number of amides is 2. The van der Waals surface area contributed by atoms with E-state index in [0.717, 1.165) is 96.0 Å². The van der Waals surface area contributed by atoms with Crippen LogP contribution in [0.3, 0.4) is 0 Å². The summed E-state index contributed by atoms with van der Waals surface area (Å²) in [5, 5.41) is 13.0. The molecule has 15 heteroatoms. The quantitative estimate of drug-likeness (QED) is 0.0473. The molecule has 1 fully saturated rings. The summed E-state index contributed by atoms with van der Waals surface area (Å²) >= 11 is 4.00. The van der Waals surface area contributed by atoms with Crippen LogP contribution in [0.4, 0.5) is 0 Å². The van der Waals surface area contributed by atoms with Crippen LogP contribution in [0.5, 0.6) is 11.5 Å². The highest BCUT2D eigenvalue weighted by Crippen LogP contribution is 2.68. The maximum absolute atomic E-state index is 14.4. The van der Waals surface area contributed by atoms with Crippen molar-refractivity contribution in [2.75, 3.05) is 6.61 Å². The number of fused-ring (bicyclic) bond motifs is 2. The van der Waals surface area contributed by atoms with Gasteiger partial charge in [0, 0.05) is 12.2 Å². The maximum Gasteiger partial charge on any atom is 0.350 e. The Morgan fingerprint density at radius 1 is 0.772 bits per heavy atom. The van der Waals surface area contributed by atoms with E-state index in [2.05, 4.69) is 20.1 Å². The summed E-state index contributed by atoms with van der Waals surface area (Å²) in [6.45, 7) is 11.6. The van der Waals surface area contributed by atoms with Crippen LogP contribution in [0.25, 0.3) is 0 Å². The average molecular weight is 840 g/mol. The predicted molar refractivity (Wildman–Crippen MR) is 219 cm³/mol. The number of hydrazine groups is 1. The number of rotatable bonds is 15. The van der Waals surface area contributed by atoms with E-state index in [1.165, 1.54) is 10.0 Å². The molecule has 0 aromatic heterocycles. The highest BCUT2D eigenvalue weighted by atomic mass is 32.2. The third kappa shape index (κ3) is 9.05. The van der Waals surface area contributed by atoms with Crippen LogP contribution in [0.1, 0.15) is 50.7 Å². The van der Waals surface area contributed by atoms with Gasteiger partial charge in [-0.25, -0.2) is 24.4 Å². The van der Waals surface area contributed by atoms with Gasteiger partial charge in [0.05, 0.1) is 47.8 Å². The Morgan fingerprint density at radius 3 is 1.67 bits per heavy atom. The molecule has 11 nitrogen and oxygen atoms in total. The van der Waals surface area contributed by atoms with Crippen molar-refractivity contribution >= 4 is 76.8 Å². The van der Waals surface area contributed by atoms with Crippen molar-refractivity contribution in [2.24, 2.45) is 5.92 Å². The Labute approximate surface area is 347 Å². The number of ether oxygens (including phenoxy) is 3. The van der Waals surface area contributed by atoms with Gasteiger partial charge in [-0.1, -0.05) is 154 Å². The summed E-state index contributed by atoms with van der Waals surface area (Å²) in [6, 6.07) is 20.6. The molecule has 0 N–H and O–H groups in total. The molecule has 3 heterocycles. The molecule has 0 spiro atoms. The maximum atomic E-state index is 14.4. The molecular weight excluding hydrogens is 803 g/mol. The molecule has 292 valence electrons. The van der Waals surface area contributed by atoms with E-state index in [-0.39, 0.29) is 76.3 Å². The molecular formula is C42H37N3O8S4. The van der Waals surface area contributed by atoms with Crippen molar-refractivity contribution in [1.82, 2.24) is 10.0 Å². The summed E-state index contributed by atoms with van der Waals surface area (Å²) in [7, 11) is 0. The molecule has 2 amide bonds. The fraction of sp³-hybridized carbons (Fsp3) is 0.238. The molecule has 57 heavy (non-hydrogen) atoms. The number of carbonyl (C=O) groups excluding carboxylic acids is 5. The van der Waals surface area contributed by atoms with Gasteiger partial charge in [0.25, 0.3) is 11.8 Å². The Kier molecular flexibility index (Phi) is 13.7. The first-order valence-corrected chi connectivity index (χ1v) is 21.3. The van der Waals surface area contributed by atoms with E-state index >= 15 is 0 Å². The Hall–Kier alpha value is -5.14. The van der Waals surface area contributed by atoms with Gasteiger partial charge in [-0.05, 0) is 23.5 Å². The van der Waals surface area contributed by atoms with E-state index in [1.54, 1.807) is 0 Å². The van der Waals surface area contributed by atoms with Crippen LogP contribution in [0.2, 0.25) is 0 Å². The number of esters is 3.